The third-order valence-electron chi connectivity index (χ3n) is 4.98. The quantitative estimate of drug-likeness (QED) is 0.874. The van der Waals surface area contributed by atoms with Crippen LogP contribution in [0.1, 0.15) is 63.1 Å². The van der Waals surface area contributed by atoms with Crippen LogP contribution in [0, 0.1) is 6.92 Å². The lowest BCUT2D eigenvalue weighted by Crippen LogP contribution is -2.41. The Bertz CT molecular complexity index is 473. The van der Waals surface area contributed by atoms with Gasteiger partial charge in [-0.2, -0.15) is 5.10 Å². The van der Waals surface area contributed by atoms with Crippen LogP contribution in [0.4, 0.5) is 5.82 Å². The molecule has 1 N–H and O–H groups in total. The van der Waals surface area contributed by atoms with E-state index >= 15 is 0 Å². The third kappa shape index (κ3) is 3.25. The van der Waals surface area contributed by atoms with Gasteiger partial charge in [-0.3, -0.25) is 4.68 Å². The van der Waals surface area contributed by atoms with Gasteiger partial charge in [0.05, 0.1) is 5.69 Å². The second-order valence-electron chi connectivity index (χ2n) is 6.80. The summed E-state index contributed by atoms with van der Waals surface area (Å²) in [5, 5.41) is 8.39. The molecule has 1 aromatic heterocycles. The van der Waals surface area contributed by atoms with Crippen molar-refractivity contribution < 1.29 is 0 Å². The maximum absolute atomic E-state index is 4.71. The zero-order valence-electron chi connectivity index (χ0n) is 13.9. The molecule has 0 spiro atoms. The molecular formula is C17H30N4. The number of piperidine rings is 1. The molecule has 0 aromatic carbocycles. The van der Waals surface area contributed by atoms with Crippen molar-refractivity contribution in [3.05, 3.63) is 11.3 Å². The molecule has 1 unspecified atom stereocenters. The molecule has 2 fully saturated rings. The van der Waals surface area contributed by atoms with Crippen LogP contribution in [0.5, 0.6) is 0 Å². The average molecular weight is 290 g/mol. The lowest BCUT2D eigenvalue weighted by atomic mass is 9.97. The Kier molecular flexibility index (Phi) is 4.53. The predicted octanol–water partition coefficient (Wildman–Crippen LogP) is 3.14. The van der Waals surface area contributed by atoms with E-state index in [1.807, 2.05) is 0 Å². The van der Waals surface area contributed by atoms with Crippen LogP contribution in [0.25, 0.3) is 0 Å². The highest BCUT2D eigenvalue weighted by Crippen LogP contribution is 2.32. The molecule has 2 heterocycles. The molecule has 118 valence electrons. The number of anilines is 1. The molecular weight excluding hydrogens is 260 g/mol. The molecule has 1 saturated heterocycles. The van der Waals surface area contributed by atoms with Gasteiger partial charge in [0.2, 0.25) is 0 Å². The largest absolute Gasteiger partial charge is 0.354 e. The van der Waals surface area contributed by atoms with E-state index in [0.29, 0.717) is 6.04 Å². The number of nitrogens with one attached hydrogen (secondary N) is 1. The molecule has 2 aliphatic rings. The van der Waals surface area contributed by atoms with Crippen molar-refractivity contribution in [2.75, 3.05) is 11.4 Å². The van der Waals surface area contributed by atoms with Crippen LogP contribution in [-0.2, 0) is 13.6 Å². The molecule has 1 saturated carbocycles. The van der Waals surface area contributed by atoms with Crippen LogP contribution in [0.2, 0.25) is 0 Å². The minimum atomic E-state index is 0.707. The second kappa shape index (κ2) is 6.39. The summed E-state index contributed by atoms with van der Waals surface area (Å²) in [4.78, 5) is 2.65. The zero-order chi connectivity index (χ0) is 14.8. The normalized spacial score (nSPS) is 22.8. The van der Waals surface area contributed by atoms with Gasteiger partial charge in [-0.25, -0.2) is 0 Å². The Hall–Kier alpha value is -1.03. The Labute approximate surface area is 128 Å². The van der Waals surface area contributed by atoms with Crippen molar-refractivity contribution >= 4 is 5.82 Å². The Morgan fingerprint density at radius 1 is 1.24 bits per heavy atom. The third-order valence-corrected chi connectivity index (χ3v) is 4.98. The first kappa shape index (κ1) is 14.9. The SMILES string of the molecule is CCCC1CCCCN1c1c(CNC2CC2)c(C)nn1C. The smallest absolute Gasteiger partial charge is 0.131 e. The highest BCUT2D eigenvalue weighted by molar-refractivity contribution is 5.51. The standard InChI is InChI=1S/C17H30N4/c1-4-7-15-8-5-6-11-21(15)17-16(12-18-14-9-10-14)13(2)19-20(17)3/h14-15,18H,4-12H2,1-3H3. The monoisotopic (exact) mass is 290 g/mol. The number of aromatic nitrogens is 2. The van der Waals surface area contributed by atoms with Crippen LogP contribution in [-0.4, -0.2) is 28.4 Å². The number of hydrogen-bond donors (Lipinski definition) is 1. The summed E-state index contributed by atoms with van der Waals surface area (Å²) < 4.78 is 2.12. The summed E-state index contributed by atoms with van der Waals surface area (Å²) in [6, 6.07) is 1.46. The number of hydrogen-bond acceptors (Lipinski definition) is 3. The van der Waals surface area contributed by atoms with E-state index in [1.54, 1.807) is 0 Å². The zero-order valence-corrected chi connectivity index (χ0v) is 13.9. The number of aryl methyl sites for hydroxylation is 2. The van der Waals surface area contributed by atoms with Crippen molar-refractivity contribution in [2.45, 2.75) is 77.4 Å². The minimum Gasteiger partial charge on any atom is -0.354 e. The Balaban J connectivity index is 1.83. The first-order chi connectivity index (χ1) is 10.2. The van der Waals surface area contributed by atoms with Gasteiger partial charge < -0.3 is 10.2 Å². The molecule has 0 bridgehead atoms. The van der Waals surface area contributed by atoms with Gasteiger partial charge >= 0.3 is 0 Å². The molecule has 1 aliphatic heterocycles. The highest BCUT2D eigenvalue weighted by atomic mass is 15.4. The first-order valence-corrected chi connectivity index (χ1v) is 8.73. The summed E-state index contributed by atoms with van der Waals surface area (Å²) in [6.07, 6.45) is 9.31. The van der Waals surface area contributed by atoms with Crippen molar-refractivity contribution in [1.82, 2.24) is 15.1 Å². The van der Waals surface area contributed by atoms with Crippen molar-refractivity contribution in [3.63, 3.8) is 0 Å². The van der Waals surface area contributed by atoms with Gasteiger partial charge in [-0.15, -0.1) is 0 Å². The second-order valence-corrected chi connectivity index (χ2v) is 6.80. The molecule has 4 nitrogen and oxygen atoms in total. The van der Waals surface area contributed by atoms with Crippen molar-refractivity contribution in [2.24, 2.45) is 7.05 Å². The summed E-state index contributed by atoms with van der Waals surface area (Å²) in [6.45, 7) is 6.64. The van der Waals surface area contributed by atoms with E-state index in [9.17, 15) is 0 Å². The summed E-state index contributed by atoms with van der Waals surface area (Å²) >= 11 is 0. The number of nitrogens with zero attached hydrogens (tertiary/aromatic N) is 3. The van der Waals surface area contributed by atoms with Crippen molar-refractivity contribution in [3.8, 4) is 0 Å². The van der Waals surface area contributed by atoms with Gasteiger partial charge in [0.15, 0.2) is 0 Å². The van der Waals surface area contributed by atoms with E-state index in [2.05, 4.69) is 35.8 Å². The Morgan fingerprint density at radius 3 is 2.76 bits per heavy atom. The lowest BCUT2D eigenvalue weighted by molar-refractivity contribution is 0.425. The fourth-order valence-corrected chi connectivity index (χ4v) is 3.70. The highest BCUT2D eigenvalue weighted by Gasteiger charge is 2.28. The average Bonchev–Trinajstić information content (AvgIpc) is 3.24. The molecule has 3 rings (SSSR count). The van der Waals surface area contributed by atoms with E-state index in [-0.39, 0.29) is 0 Å². The fraction of sp³-hybridized carbons (Fsp3) is 0.824. The van der Waals surface area contributed by atoms with Crippen LogP contribution < -0.4 is 10.2 Å². The maximum Gasteiger partial charge on any atom is 0.131 e. The summed E-state index contributed by atoms with van der Waals surface area (Å²) in [7, 11) is 2.11. The molecule has 1 atom stereocenters. The van der Waals surface area contributed by atoms with Crippen LogP contribution in [0.3, 0.4) is 0 Å². The van der Waals surface area contributed by atoms with Gasteiger partial charge in [0.1, 0.15) is 5.82 Å². The van der Waals surface area contributed by atoms with Gasteiger partial charge in [0.25, 0.3) is 0 Å². The minimum absolute atomic E-state index is 0.707. The summed E-state index contributed by atoms with van der Waals surface area (Å²) in [5.41, 5.74) is 2.62. The molecule has 21 heavy (non-hydrogen) atoms. The van der Waals surface area contributed by atoms with Crippen LogP contribution >= 0.6 is 0 Å². The van der Waals surface area contributed by atoms with Gasteiger partial charge in [-0.1, -0.05) is 13.3 Å². The maximum atomic E-state index is 4.71. The Morgan fingerprint density at radius 2 is 2.05 bits per heavy atom. The van der Waals surface area contributed by atoms with E-state index in [0.717, 1.165) is 12.6 Å². The molecule has 4 heteroatoms. The fourth-order valence-electron chi connectivity index (χ4n) is 3.70. The van der Waals surface area contributed by atoms with E-state index in [1.165, 1.54) is 68.6 Å². The lowest BCUT2D eigenvalue weighted by Gasteiger charge is -2.38. The van der Waals surface area contributed by atoms with Crippen molar-refractivity contribution in [1.29, 1.82) is 0 Å². The van der Waals surface area contributed by atoms with Crippen LogP contribution in [0.15, 0.2) is 0 Å². The molecule has 1 aromatic rings. The van der Waals surface area contributed by atoms with Gasteiger partial charge in [-0.05, 0) is 45.4 Å². The van der Waals surface area contributed by atoms with E-state index in [4.69, 9.17) is 5.10 Å². The summed E-state index contributed by atoms with van der Waals surface area (Å²) in [5.74, 6) is 1.37. The first-order valence-electron chi connectivity index (χ1n) is 8.73. The van der Waals surface area contributed by atoms with E-state index < -0.39 is 0 Å². The molecule has 1 aliphatic carbocycles. The molecule has 0 radical (unpaired) electrons. The van der Waals surface area contributed by atoms with Gasteiger partial charge in [0, 0.05) is 37.8 Å². The topological polar surface area (TPSA) is 33.1 Å². The molecule has 0 amide bonds. The number of rotatable bonds is 6. The predicted molar refractivity (Wildman–Crippen MR) is 87.7 cm³/mol.